The van der Waals surface area contributed by atoms with Gasteiger partial charge >= 0.3 is 0 Å². The Kier molecular flexibility index (Phi) is 2.27. The number of rotatable bonds is 1. The standard InChI is InChI=1S/C10H12N2O/c13-10-7-11-6-9(12-10)8-4-2-1-3-5-8/h1-5,9,11H,6-7H2,(H,12,13). The van der Waals surface area contributed by atoms with Crippen LogP contribution >= 0.6 is 0 Å². The molecule has 0 spiro atoms. The first-order chi connectivity index (χ1) is 6.36. The Labute approximate surface area is 77.1 Å². The summed E-state index contributed by atoms with van der Waals surface area (Å²) in [6.45, 7) is 1.25. The van der Waals surface area contributed by atoms with Gasteiger partial charge in [0.05, 0.1) is 12.6 Å². The average Bonchev–Trinajstić information content (AvgIpc) is 2.19. The number of amides is 1. The first-order valence-electron chi connectivity index (χ1n) is 4.41. The molecule has 1 aromatic carbocycles. The van der Waals surface area contributed by atoms with Crippen LogP contribution in [0.1, 0.15) is 11.6 Å². The van der Waals surface area contributed by atoms with E-state index in [1.807, 2.05) is 30.3 Å². The Balaban J connectivity index is 2.13. The second-order valence-corrected chi connectivity index (χ2v) is 3.16. The molecule has 1 aromatic rings. The van der Waals surface area contributed by atoms with E-state index in [4.69, 9.17) is 0 Å². The minimum Gasteiger partial charge on any atom is -0.347 e. The molecule has 3 heteroatoms. The quantitative estimate of drug-likeness (QED) is 0.652. The molecule has 13 heavy (non-hydrogen) atoms. The van der Waals surface area contributed by atoms with Crippen LogP contribution in [0.4, 0.5) is 0 Å². The summed E-state index contributed by atoms with van der Waals surface area (Å²) in [6.07, 6.45) is 0. The van der Waals surface area contributed by atoms with Crippen LogP contribution in [0, 0.1) is 0 Å². The summed E-state index contributed by atoms with van der Waals surface area (Å²) in [6, 6.07) is 10.1. The van der Waals surface area contributed by atoms with Crippen molar-refractivity contribution in [1.29, 1.82) is 0 Å². The zero-order chi connectivity index (χ0) is 9.10. The van der Waals surface area contributed by atoms with Crippen molar-refractivity contribution in [2.75, 3.05) is 13.1 Å². The topological polar surface area (TPSA) is 41.1 Å². The van der Waals surface area contributed by atoms with Crippen molar-refractivity contribution in [1.82, 2.24) is 10.6 Å². The molecule has 1 amide bonds. The van der Waals surface area contributed by atoms with Gasteiger partial charge in [-0.2, -0.15) is 0 Å². The molecule has 2 rings (SSSR count). The van der Waals surface area contributed by atoms with Crippen molar-refractivity contribution in [2.45, 2.75) is 6.04 Å². The van der Waals surface area contributed by atoms with Gasteiger partial charge in [-0.3, -0.25) is 4.79 Å². The van der Waals surface area contributed by atoms with Crippen LogP contribution in [0.2, 0.25) is 0 Å². The fraction of sp³-hybridized carbons (Fsp3) is 0.300. The van der Waals surface area contributed by atoms with Gasteiger partial charge in [0.2, 0.25) is 5.91 Å². The minimum atomic E-state index is 0.0695. The van der Waals surface area contributed by atoms with E-state index in [0.717, 1.165) is 12.1 Å². The number of nitrogens with one attached hydrogen (secondary N) is 2. The fourth-order valence-electron chi connectivity index (χ4n) is 1.51. The molecule has 0 aromatic heterocycles. The zero-order valence-corrected chi connectivity index (χ0v) is 7.29. The van der Waals surface area contributed by atoms with Crippen LogP contribution in [0.3, 0.4) is 0 Å². The molecule has 2 N–H and O–H groups in total. The van der Waals surface area contributed by atoms with Crippen molar-refractivity contribution in [3.8, 4) is 0 Å². The van der Waals surface area contributed by atoms with Crippen LogP contribution in [0.15, 0.2) is 30.3 Å². The number of hydrogen-bond acceptors (Lipinski definition) is 2. The SMILES string of the molecule is O=C1CNCC(c2ccccc2)N1. The number of benzene rings is 1. The summed E-state index contributed by atoms with van der Waals surface area (Å²) in [5.74, 6) is 0.0695. The average molecular weight is 176 g/mol. The summed E-state index contributed by atoms with van der Waals surface area (Å²) in [5, 5.41) is 6.00. The predicted octanol–water partition coefficient (Wildman–Crippen LogP) is 0.447. The predicted molar refractivity (Wildman–Crippen MR) is 50.2 cm³/mol. The lowest BCUT2D eigenvalue weighted by Gasteiger charge is -2.24. The summed E-state index contributed by atoms with van der Waals surface area (Å²) in [7, 11) is 0. The van der Waals surface area contributed by atoms with Crippen molar-refractivity contribution >= 4 is 5.91 Å². The molecule has 1 atom stereocenters. The highest BCUT2D eigenvalue weighted by Gasteiger charge is 2.18. The second-order valence-electron chi connectivity index (χ2n) is 3.16. The van der Waals surface area contributed by atoms with E-state index < -0.39 is 0 Å². The van der Waals surface area contributed by atoms with Gasteiger partial charge in [-0.25, -0.2) is 0 Å². The van der Waals surface area contributed by atoms with Gasteiger partial charge in [-0.15, -0.1) is 0 Å². The summed E-state index contributed by atoms with van der Waals surface area (Å²) < 4.78 is 0. The summed E-state index contributed by atoms with van der Waals surface area (Å²) in [4.78, 5) is 11.1. The van der Waals surface area contributed by atoms with Crippen molar-refractivity contribution in [2.24, 2.45) is 0 Å². The van der Waals surface area contributed by atoms with Crippen LogP contribution in [-0.4, -0.2) is 19.0 Å². The van der Waals surface area contributed by atoms with Crippen molar-refractivity contribution in [3.63, 3.8) is 0 Å². The molecular formula is C10H12N2O. The minimum absolute atomic E-state index is 0.0695. The first kappa shape index (κ1) is 8.26. The molecule has 1 aliphatic rings. The molecule has 1 fully saturated rings. The maximum absolute atomic E-state index is 11.1. The third-order valence-electron chi connectivity index (χ3n) is 2.17. The van der Waals surface area contributed by atoms with Gasteiger partial charge in [0.25, 0.3) is 0 Å². The lowest BCUT2D eigenvalue weighted by atomic mass is 10.1. The highest BCUT2D eigenvalue weighted by Crippen LogP contribution is 2.12. The monoisotopic (exact) mass is 176 g/mol. The highest BCUT2D eigenvalue weighted by atomic mass is 16.2. The van der Waals surface area contributed by atoms with E-state index >= 15 is 0 Å². The number of carbonyl (C=O) groups is 1. The third kappa shape index (κ3) is 1.87. The molecule has 1 unspecified atom stereocenters. The highest BCUT2D eigenvalue weighted by molar-refractivity contribution is 5.79. The van der Waals surface area contributed by atoms with E-state index in [-0.39, 0.29) is 11.9 Å². The second kappa shape index (κ2) is 3.58. The van der Waals surface area contributed by atoms with Crippen molar-refractivity contribution < 1.29 is 4.79 Å². The smallest absolute Gasteiger partial charge is 0.234 e. The lowest BCUT2D eigenvalue weighted by Crippen LogP contribution is -2.46. The van der Waals surface area contributed by atoms with Crippen LogP contribution in [0.5, 0.6) is 0 Å². The number of hydrogen-bond donors (Lipinski definition) is 2. The third-order valence-corrected chi connectivity index (χ3v) is 2.17. The Hall–Kier alpha value is -1.35. The molecule has 0 bridgehead atoms. The molecule has 0 saturated carbocycles. The number of piperazine rings is 1. The Morgan fingerprint density at radius 1 is 1.23 bits per heavy atom. The molecule has 0 aliphatic carbocycles. The van der Waals surface area contributed by atoms with E-state index in [2.05, 4.69) is 10.6 Å². The lowest BCUT2D eigenvalue weighted by molar-refractivity contribution is -0.122. The van der Waals surface area contributed by atoms with Crippen LogP contribution in [-0.2, 0) is 4.79 Å². The molecule has 0 radical (unpaired) electrons. The van der Waals surface area contributed by atoms with Gasteiger partial charge in [0, 0.05) is 6.54 Å². The number of carbonyl (C=O) groups excluding carboxylic acids is 1. The normalized spacial score (nSPS) is 22.5. The summed E-state index contributed by atoms with van der Waals surface area (Å²) in [5.41, 5.74) is 1.16. The van der Waals surface area contributed by atoms with Gasteiger partial charge in [-0.05, 0) is 5.56 Å². The molecular weight excluding hydrogens is 164 g/mol. The molecule has 1 aliphatic heterocycles. The Morgan fingerprint density at radius 3 is 2.69 bits per heavy atom. The van der Waals surface area contributed by atoms with Gasteiger partial charge in [0.1, 0.15) is 0 Å². The maximum atomic E-state index is 11.1. The van der Waals surface area contributed by atoms with E-state index in [1.165, 1.54) is 0 Å². The molecule has 1 saturated heterocycles. The summed E-state index contributed by atoms with van der Waals surface area (Å²) >= 11 is 0. The largest absolute Gasteiger partial charge is 0.347 e. The Bertz CT molecular complexity index is 297. The Morgan fingerprint density at radius 2 is 2.00 bits per heavy atom. The van der Waals surface area contributed by atoms with Crippen LogP contribution < -0.4 is 10.6 Å². The van der Waals surface area contributed by atoms with Crippen molar-refractivity contribution in [3.05, 3.63) is 35.9 Å². The maximum Gasteiger partial charge on any atom is 0.234 e. The molecule has 3 nitrogen and oxygen atoms in total. The fourth-order valence-corrected chi connectivity index (χ4v) is 1.51. The molecule has 68 valence electrons. The van der Waals surface area contributed by atoms with Gasteiger partial charge in [0.15, 0.2) is 0 Å². The van der Waals surface area contributed by atoms with Crippen LogP contribution in [0.25, 0.3) is 0 Å². The van der Waals surface area contributed by atoms with E-state index in [1.54, 1.807) is 0 Å². The first-order valence-corrected chi connectivity index (χ1v) is 4.41. The van der Waals surface area contributed by atoms with E-state index in [9.17, 15) is 4.79 Å². The van der Waals surface area contributed by atoms with E-state index in [0.29, 0.717) is 6.54 Å². The van der Waals surface area contributed by atoms with Gasteiger partial charge in [-0.1, -0.05) is 30.3 Å². The zero-order valence-electron chi connectivity index (χ0n) is 7.29. The molecule has 1 heterocycles. The van der Waals surface area contributed by atoms with Gasteiger partial charge < -0.3 is 10.6 Å².